The summed E-state index contributed by atoms with van der Waals surface area (Å²) in [7, 11) is 0. The number of nitrogen functional groups attached to an aromatic ring is 1. The first kappa shape index (κ1) is 15.9. The second kappa shape index (κ2) is 7.47. The van der Waals surface area contributed by atoms with Gasteiger partial charge in [-0.05, 0) is 26.0 Å². The molecule has 6 heteroatoms. The number of rotatable bonds is 6. The van der Waals surface area contributed by atoms with Crippen LogP contribution in [0.5, 0.6) is 0 Å². The van der Waals surface area contributed by atoms with Crippen LogP contribution in [0.15, 0.2) is 18.2 Å². The normalized spacial score (nSPS) is 10.4. The van der Waals surface area contributed by atoms with Crippen molar-refractivity contribution >= 4 is 17.6 Å². The van der Waals surface area contributed by atoms with E-state index in [1.54, 1.807) is 13.8 Å². The van der Waals surface area contributed by atoms with E-state index in [4.69, 9.17) is 15.2 Å². The molecule has 0 spiro atoms. The Balaban J connectivity index is 3.00. The van der Waals surface area contributed by atoms with Crippen molar-refractivity contribution in [2.24, 2.45) is 5.92 Å². The van der Waals surface area contributed by atoms with Gasteiger partial charge in [0.25, 0.3) is 0 Å². The van der Waals surface area contributed by atoms with Crippen LogP contribution in [0.25, 0.3) is 0 Å². The summed E-state index contributed by atoms with van der Waals surface area (Å²) >= 11 is 0. The van der Waals surface area contributed by atoms with Gasteiger partial charge in [-0.15, -0.1) is 0 Å². The zero-order valence-electron chi connectivity index (χ0n) is 11.5. The number of nitrogens with two attached hydrogens (primary N) is 1. The maximum Gasteiger partial charge on any atom is 0.320 e. The highest BCUT2D eigenvalue weighted by molar-refractivity contribution is 5.95. The van der Waals surface area contributed by atoms with Crippen LogP contribution < -0.4 is 5.73 Å². The van der Waals surface area contributed by atoms with E-state index in [-0.39, 0.29) is 30.9 Å². The summed E-state index contributed by atoms with van der Waals surface area (Å²) in [5.74, 6) is -3.26. The fourth-order valence-electron chi connectivity index (χ4n) is 1.74. The van der Waals surface area contributed by atoms with Gasteiger partial charge in [-0.1, -0.05) is 6.07 Å². The van der Waals surface area contributed by atoms with Crippen LogP contribution in [0.4, 0.5) is 10.1 Å². The quantitative estimate of drug-likeness (QED) is 0.488. The summed E-state index contributed by atoms with van der Waals surface area (Å²) < 4.78 is 23.4. The third-order valence-corrected chi connectivity index (χ3v) is 2.71. The van der Waals surface area contributed by atoms with Gasteiger partial charge in [0, 0.05) is 17.7 Å². The van der Waals surface area contributed by atoms with E-state index >= 15 is 0 Å². The molecule has 0 unspecified atom stereocenters. The summed E-state index contributed by atoms with van der Waals surface area (Å²) in [4.78, 5) is 23.6. The summed E-state index contributed by atoms with van der Waals surface area (Å²) in [5.41, 5.74) is 5.97. The van der Waals surface area contributed by atoms with E-state index in [2.05, 4.69) is 0 Å². The van der Waals surface area contributed by atoms with E-state index in [0.717, 1.165) is 0 Å². The third-order valence-electron chi connectivity index (χ3n) is 2.71. The van der Waals surface area contributed by atoms with Crippen molar-refractivity contribution in [1.29, 1.82) is 0 Å². The van der Waals surface area contributed by atoms with Gasteiger partial charge in [0.2, 0.25) is 0 Å². The van der Waals surface area contributed by atoms with Crippen LogP contribution in [0.1, 0.15) is 19.4 Å². The van der Waals surface area contributed by atoms with Crippen LogP contribution in [-0.2, 0) is 25.5 Å². The molecule has 0 fully saturated rings. The molecule has 1 aromatic carbocycles. The number of hydrogen-bond acceptors (Lipinski definition) is 5. The topological polar surface area (TPSA) is 78.6 Å². The summed E-state index contributed by atoms with van der Waals surface area (Å²) in [6.45, 7) is 3.50. The molecule has 1 aromatic rings. The van der Waals surface area contributed by atoms with E-state index in [1.807, 2.05) is 0 Å². The standard InChI is InChI=1S/C14H18FNO4/c1-3-19-13(17)10(14(18)20-4-2)8-9-11(15)6-5-7-12(9)16/h5-7,10H,3-4,8,16H2,1-2H3. The lowest BCUT2D eigenvalue weighted by atomic mass is 9.97. The Kier molecular flexibility index (Phi) is 5.96. The van der Waals surface area contributed by atoms with Gasteiger partial charge < -0.3 is 15.2 Å². The summed E-state index contributed by atoms with van der Waals surface area (Å²) in [5, 5.41) is 0. The zero-order chi connectivity index (χ0) is 15.1. The van der Waals surface area contributed by atoms with Crippen molar-refractivity contribution in [3.63, 3.8) is 0 Å². The second-order valence-electron chi connectivity index (χ2n) is 4.07. The van der Waals surface area contributed by atoms with Crippen molar-refractivity contribution in [2.45, 2.75) is 20.3 Å². The van der Waals surface area contributed by atoms with Gasteiger partial charge in [-0.2, -0.15) is 0 Å². The molecule has 5 nitrogen and oxygen atoms in total. The van der Waals surface area contributed by atoms with Crippen molar-refractivity contribution in [1.82, 2.24) is 0 Å². The van der Waals surface area contributed by atoms with E-state index in [1.165, 1.54) is 18.2 Å². The number of halogens is 1. The smallest absolute Gasteiger partial charge is 0.320 e. The molecule has 0 amide bonds. The number of benzene rings is 1. The van der Waals surface area contributed by atoms with E-state index in [9.17, 15) is 14.0 Å². The van der Waals surface area contributed by atoms with Crippen molar-refractivity contribution in [2.75, 3.05) is 18.9 Å². The van der Waals surface area contributed by atoms with E-state index < -0.39 is 23.7 Å². The molecule has 2 N–H and O–H groups in total. The van der Waals surface area contributed by atoms with Crippen molar-refractivity contribution in [3.8, 4) is 0 Å². The first-order chi connectivity index (χ1) is 9.51. The predicted octanol–water partition coefficient (Wildman–Crippen LogP) is 1.69. The molecule has 0 aliphatic heterocycles. The fraction of sp³-hybridized carbons (Fsp3) is 0.429. The summed E-state index contributed by atoms with van der Waals surface area (Å²) in [6.07, 6.45) is -0.184. The molecule has 1 rings (SSSR count). The average Bonchev–Trinajstić information content (AvgIpc) is 2.38. The molecule has 20 heavy (non-hydrogen) atoms. The minimum Gasteiger partial charge on any atom is -0.465 e. The Morgan fingerprint density at radius 1 is 1.20 bits per heavy atom. The Morgan fingerprint density at radius 2 is 1.75 bits per heavy atom. The lowest BCUT2D eigenvalue weighted by Crippen LogP contribution is -2.30. The van der Waals surface area contributed by atoms with Gasteiger partial charge in [0.05, 0.1) is 13.2 Å². The molecule has 110 valence electrons. The first-order valence-electron chi connectivity index (χ1n) is 6.37. The van der Waals surface area contributed by atoms with Crippen LogP contribution in [0.2, 0.25) is 0 Å². The highest BCUT2D eigenvalue weighted by Gasteiger charge is 2.31. The molecule has 0 atom stereocenters. The van der Waals surface area contributed by atoms with Gasteiger partial charge in [-0.25, -0.2) is 4.39 Å². The van der Waals surface area contributed by atoms with Crippen LogP contribution in [0, 0.1) is 11.7 Å². The fourth-order valence-corrected chi connectivity index (χ4v) is 1.74. The first-order valence-corrected chi connectivity index (χ1v) is 6.37. The van der Waals surface area contributed by atoms with Crippen molar-refractivity contribution < 1.29 is 23.5 Å². The number of hydrogen-bond donors (Lipinski definition) is 1. The summed E-state index contributed by atoms with van der Waals surface area (Å²) in [6, 6.07) is 4.18. The van der Waals surface area contributed by atoms with Gasteiger partial charge in [-0.3, -0.25) is 9.59 Å². The highest BCUT2D eigenvalue weighted by Crippen LogP contribution is 2.21. The molecular weight excluding hydrogens is 265 g/mol. The number of ether oxygens (including phenoxy) is 2. The largest absolute Gasteiger partial charge is 0.465 e. The highest BCUT2D eigenvalue weighted by atomic mass is 19.1. The Hall–Kier alpha value is -2.11. The molecule has 0 aliphatic carbocycles. The molecular formula is C14H18FNO4. The van der Waals surface area contributed by atoms with Gasteiger partial charge >= 0.3 is 11.9 Å². The monoisotopic (exact) mass is 283 g/mol. The number of esters is 2. The molecule has 0 saturated heterocycles. The lowest BCUT2D eigenvalue weighted by Gasteiger charge is -2.15. The third kappa shape index (κ3) is 3.94. The molecule has 0 radical (unpaired) electrons. The van der Waals surface area contributed by atoms with Crippen LogP contribution in [0.3, 0.4) is 0 Å². The van der Waals surface area contributed by atoms with Gasteiger partial charge in [0.15, 0.2) is 5.92 Å². The molecule has 0 bridgehead atoms. The Morgan fingerprint density at radius 3 is 2.20 bits per heavy atom. The number of carbonyl (C=O) groups is 2. The van der Waals surface area contributed by atoms with Crippen LogP contribution in [-0.4, -0.2) is 25.2 Å². The van der Waals surface area contributed by atoms with Crippen LogP contribution >= 0.6 is 0 Å². The molecule has 0 saturated carbocycles. The Bertz CT molecular complexity index is 452. The average molecular weight is 283 g/mol. The molecule has 0 aliphatic rings. The minimum atomic E-state index is -1.21. The number of anilines is 1. The Labute approximate surface area is 116 Å². The van der Waals surface area contributed by atoms with E-state index in [0.29, 0.717) is 0 Å². The second-order valence-corrected chi connectivity index (χ2v) is 4.07. The number of carbonyl (C=O) groups excluding carboxylic acids is 2. The molecule has 0 heterocycles. The SMILES string of the molecule is CCOC(=O)C(Cc1c(N)cccc1F)C(=O)OCC. The predicted molar refractivity (Wildman–Crippen MR) is 71.3 cm³/mol. The maximum atomic E-state index is 13.7. The maximum absolute atomic E-state index is 13.7. The lowest BCUT2D eigenvalue weighted by molar-refractivity contribution is -0.161. The van der Waals surface area contributed by atoms with Gasteiger partial charge in [0.1, 0.15) is 5.82 Å². The molecule has 0 aromatic heterocycles. The zero-order valence-corrected chi connectivity index (χ0v) is 11.5. The minimum absolute atomic E-state index is 0.110. The van der Waals surface area contributed by atoms with Crippen molar-refractivity contribution in [3.05, 3.63) is 29.6 Å².